The summed E-state index contributed by atoms with van der Waals surface area (Å²) in [7, 11) is 0. The summed E-state index contributed by atoms with van der Waals surface area (Å²) in [4.78, 5) is 38.8. The minimum absolute atomic E-state index is 0.278. The molecule has 5 rings (SSSR count). The Bertz CT molecular complexity index is 1340. The molecular formula is C23H21N7O3. The maximum atomic E-state index is 12.5. The summed E-state index contributed by atoms with van der Waals surface area (Å²) >= 11 is 0. The summed E-state index contributed by atoms with van der Waals surface area (Å²) in [6.45, 7) is 0.463. The highest BCUT2D eigenvalue weighted by Crippen LogP contribution is 2.36. The van der Waals surface area contributed by atoms with Gasteiger partial charge in [0.2, 0.25) is 0 Å². The lowest BCUT2D eigenvalue weighted by molar-refractivity contribution is 0.102. The summed E-state index contributed by atoms with van der Waals surface area (Å²) < 4.78 is 1.81. The number of hydrogen-bond donors (Lipinski definition) is 3. The zero-order chi connectivity index (χ0) is 22.9. The van der Waals surface area contributed by atoms with Crippen molar-refractivity contribution in [3.05, 3.63) is 72.4 Å². The number of pyridine rings is 1. The molecule has 0 unspecified atom stereocenters. The van der Waals surface area contributed by atoms with Crippen LogP contribution < -0.4 is 11.1 Å². The number of aromatic nitrogens is 4. The van der Waals surface area contributed by atoms with E-state index in [0.717, 1.165) is 12.0 Å². The SMILES string of the molecule is Nc1nccn2c([C@@H]3CCCN3C(=O)O)nc(-c3ccc(C(=O)Nc4ccccn4)cc3)c12. The molecule has 1 aliphatic rings. The van der Waals surface area contributed by atoms with Gasteiger partial charge in [-0.05, 0) is 37.1 Å². The first-order valence-corrected chi connectivity index (χ1v) is 10.5. The van der Waals surface area contributed by atoms with Gasteiger partial charge in [0.1, 0.15) is 28.7 Å². The van der Waals surface area contributed by atoms with Crippen molar-refractivity contribution in [1.29, 1.82) is 0 Å². The number of likely N-dealkylation sites (tertiary alicyclic amines) is 1. The molecule has 0 aliphatic carbocycles. The molecule has 0 bridgehead atoms. The number of benzene rings is 1. The number of carbonyl (C=O) groups excluding carboxylic acids is 1. The molecule has 33 heavy (non-hydrogen) atoms. The zero-order valence-corrected chi connectivity index (χ0v) is 17.5. The highest BCUT2D eigenvalue weighted by molar-refractivity contribution is 6.04. The van der Waals surface area contributed by atoms with E-state index in [0.29, 0.717) is 47.2 Å². The summed E-state index contributed by atoms with van der Waals surface area (Å²) in [5, 5.41) is 12.3. The van der Waals surface area contributed by atoms with Crippen LogP contribution >= 0.6 is 0 Å². The fourth-order valence-corrected chi connectivity index (χ4v) is 4.19. The summed E-state index contributed by atoms with van der Waals surface area (Å²) in [5.41, 5.74) is 8.59. The second-order valence-electron chi connectivity index (χ2n) is 7.73. The Kier molecular flexibility index (Phi) is 5.09. The number of nitrogens with zero attached hydrogens (tertiary/aromatic N) is 5. The zero-order valence-electron chi connectivity index (χ0n) is 17.5. The van der Waals surface area contributed by atoms with E-state index in [4.69, 9.17) is 10.7 Å². The van der Waals surface area contributed by atoms with Crippen molar-refractivity contribution in [2.24, 2.45) is 0 Å². The highest BCUT2D eigenvalue weighted by atomic mass is 16.4. The molecule has 1 saturated heterocycles. The number of nitrogens with one attached hydrogen (secondary N) is 1. The number of rotatable bonds is 4. The molecule has 1 aliphatic heterocycles. The van der Waals surface area contributed by atoms with Crippen molar-refractivity contribution >= 4 is 29.2 Å². The molecule has 3 aromatic heterocycles. The van der Waals surface area contributed by atoms with E-state index in [-0.39, 0.29) is 11.9 Å². The molecule has 1 fully saturated rings. The van der Waals surface area contributed by atoms with Crippen molar-refractivity contribution in [1.82, 2.24) is 24.3 Å². The quantitative estimate of drug-likeness (QED) is 0.439. The van der Waals surface area contributed by atoms with Gasteiger partial charge in [0, 0.05) is 36.3 Å². The lowest BCUT2D eigenvalue weighted by Crippen LogP contribution is -2.29. The smallest absolute Gasteiger partial charge is 0.407 e. The van der Waals surface area contributed by atoms with Crippen molar-refractivity contribution in [2.45, 2.75) is 18.9 Å². The molecule has 4 aromatic rings. The van der Waals surface area contributed by atoms with Gasteiger partial charge < -0.3 is 16.2 Å². The van der Waals surface area contributed by atoms with Crippen molar-refractivity contribution < 1.29 is 14.7 Å². The first-order chi connectivity index (χ1) is 16.0. The average molecular weight is 443 g/mol. The van der Waals surface area contributed by atoms with Crippen molar-refractivity contribution in [3.8, 4) is 11.3 Å². The molecule has 166 valence electrons. The average Bonchev–Trinajstić information content (AvgIpc) is 3.45. The predicted molar refractivity (Wildman–Crippen MR) is 122 cm³/mol. The molecule has 1 atom stereocenters. The van der Waals surface area contributed by atoms with Crippen molar-refractivity contribution in [2.75, 3.05) is 17.6 Å². The standard InChI is InChI=1S/C23H21N7O3/c24-20-19-18(14-6-8-15(9-7-14)22(31)27-17-5-1-2-10-25-17)28-21(30(19)13-11-26-20)16-4-3-12-29(16)23(32)33/h1-2,5-11,13,16H,3-4,12H2,(H2,24,26)(H,32,33)(H,25,27,31)/t16-/m0/s1. The molecule has 0 radical (unpaired) electrons. The summed E-state index contributed by atoms with van der Waals surface area (Å²) in [6.07, 6.45) is 5.39. The number of nitrogens with two attached hydrogens (primary N) is 1. The van der Waals surface area contributed by atoms with Gasteiger partial charge in [0.15, 0.2) is 0 Å². The van der Waals surface area contributed by atoms with E-state index < -0.39 is 6.09 Å². The van der Waals surface area contributed by atoms with Gasteiger partial charge in [-0.2, -0.15) is 0 Å². The van der Waals surface area contributed by atoms with E-state index in [1.165, 1.54) is 4.90 Å². The fraction of sp³-hybridized carbons (Fsp3) is 0.174. The van der Waals surface area contributed by atoms with E-state index >= 15 is 0 Å². The second-order valence-corrected chi connectivity index (χ2v) is 7.73. The van der Waals surface area contributed by atoms with E-state index in [1.54, 1.807) is 61.1 Å². The number of nitrogen functional groups attached to an aromatic ring is 1. The van der Waals surface area contributed by atoms with Gasteiger partial charge in [-0.3, -0.25) is 14.1 Å². The third kappa shape index (κ3) is 3.71. The Hall–Kier alpha value is -4.47. The lowest BCUT2D eigenvalue weighted by atomic mass is 10.1. The Morgan fingerprint density at radius 1 is 1.09 bits per heavy atom. The number of imidazole rings is 1. The van der Waals surface area contributed by atoms with Gasteiger partial charge in [-0.1, -0.05) is 18.2 Å². The minimum atomic E-state index is -0.971. The van der Waals surface area contributed by atoms with Crippen LogP contribution in [0, 0.1) is 0 Å². The maximum Gasteiger partial charge on any atom is 0.407 e. The topological polar surface area (TPSA) is 139 Å². The first kappa shape index (κ1) is 20.4. The van der Waals surface area contributed by atoms with Crippen LogP contribution in [-0.2, 0) is 0 Å². The largest absolute Gasteiger partial charge is 0.465 e. The van der Waals surface area contributed by atoms with Gasteiger partial charge in [-0.15, -0.1) is 0 Å². The number of amides is 2. The lowest BCUT2D eigenvalue weighted by Gasteiger charge is -2.20. The van der Waals surface area contributed by atoms with Gasteiger partial charge in [-0.25, -0.2) is 19.7 Å². The van der Waals surface area contributed by atoms with Crippen molar-refractivity contribution in [3.63, 3.8) is 0 Å². The Morgan fingerprint density at radius 3 is 2.64 bits per heavy atom. The normalized spacial score (nSPS) is 15.6. The Labute approximate surface area is 188 Å². The Morgan fingerprint density at radius 2 is 1.91 bits per heavy atom. The van der Waals surface area contributed by atoms with Crippen LogP contribution in [0.15, 0.2) is 61.1 Å². The van der Waals surface area contributed by atoms with E-state index in [2.05, 4.69) is 15.3 Å². The van der Waals surface area contributed by atoms with E-state index in [9.17, 15) is 14.7 Å². The predicted octanol–water partition coefficient (Wildman–Crippen LogP) is 3.44. The Balaban J connectivity index is 1.51. The van der Waals surface area contributed by atoms with Crippen LogP contribution in [0.4, 0.5) is 16.4 Å². The third-order valence-electron chi connectivity index (χ3n) is 5.73. The molecular weight excluding hydrogens is 422 g/mol. The van der Waals surface area contributed by atoms with Gasteiger partial charge in [0.05, 0.1) is 6.04 Å². The second kappa shape index (κ2) is 8.23. The number of carboxylic acid groups (broad SMARTS) is 1. The number of fused-ring (bicyclic) bond motifs is 1. The summed E-state index contributed by atoms with van der Waals surface area (Å²) in [6, 6.07) is 11.9. The van der Waals surface area contributed by atoms with Crippen LogP contribution in [0.25, 0.3) is 16.8 Å². The first-order valence-electron chi connectivity index (χ1n) is 10.5. The molecule has 10 heteroatoms. The van der Waals surface area contributed by atoms with E-state index in [1.807, 2.05) is 4.40 Å². The number of anilines is 2. The highest BCUT2D eigenvalue weighted by Gasteiger charge is 2.34. The monoisotopic (exact) mass is 443 g/mol. The number of carbonyl (C=O) groups is 2. The van der Waals surface area contributed by atoms with Gasteiger partial charge >= 0.3 is 6.09 Å². The molecule has 4 N–H and O–H groups in total. The van der Waals surface area contributed by atoms with Gasteiger partial charge in [0.25, 0.3) is 5.91 Å². The molecule has 0 saturated carbocycles. The molecule has 0 spiro atoms. The van der Waals surface area contributed by atoms with Crippen LogP contribution in [-0.4, -0.2) is 47.9 Å². The third-order valence-corrected chi connectivity index (χ3v) is 5.73. The summed E-state index contributed by atoms with van der Waals surface area (Å²) in [5.74, 6) is 1.09. The minimum Gasteiger partial charge on any atom is -0.465 e. The molecule has 4 heterocycles. The molecule has 2 amide bonds. The van der Waals surface area contributed by atoms with Crippen LogP contribution in [0.5, 0.6) is 0 Å². The van der Waals surface area contributed by atoms with Crippen LogP contribution in [0.1, 0.15) is 35.1 Å². The molecule has 10 nitrogen and oxygen atoms in total. The molecule has 1 aromatic carbocycles. The van der Waals surface area contributed by atoms with Crippen LogP contribution in [0.2, 0.25) is 0 Å². The maximum absolute atomic E-state index is 12.5. The van der Waals surface area contributed by atoms with Crippen LogP contribution in [0.3, 0.4) is 0 Å². The fourth-order valence-electron chi connectivity index (χ4n) is 4.19. The number of hydrogen-bond acceptors (Lipinski definition) is 6.